The molecule has 0 aliphatic heterocycles. The molecule has 100 valence electrons. The van der Waals surface area contributed by atoms with Crippen LogP contribution in [0.25, 0.3) is 0 Å². The van der Waals surface area contributed by atoms with E-state index in [-0.39, 0.29) is 6.04 Å². The fourth-order valence-corrected chi connectivity index (χ4v) is 3.52. The predicted molar refractivity (Wildman–Crippen MR) is 80.1 cm³/mol. The minimum atomic E-state index is 0.270. The van der Waals surface area contributed by atoms with Crippen molar-refractivity contribution in [3.05, 3.63) is 33.8 Å². The second kappa shape index (κ2) is 6.18. The lowest BCUT2D eigenvalue weighted by molar-refractivity contribution is 0.232. The van der Waals surface area contributed by atoms with Crippen molar-refractivity contribution in [2.75, 3.05) is 0 Å². The highest BCUT2D eigenvalue weighted by molar-refractivity contribution is 9.10. The Morgan fingerprint density at radius 3 is 2.56 bits per heavy atom. The fourth-order valence-electron chi connectivity index (χ4n) is 3.01. The minimum absolute atomic E-state index is 0.270. The van der Waals surface area contributed by atoms with Crippen LogP contribution in [0.15, 0.2) is 22.7 Å². The van der Waals surface area contributed by atoms with Gasteiger partial charge in [-0.05, 0) is 42.7 Å². The molecule has 3 N–H and O–H groups in total. The zero-order chi connectivity index (χ0) is 13.1. The first-order valence-corrected chi connectivity index (χ1v) is 7.64. The third-order valence-corrected chi connectivity index (χ3v) is 5.35. The van der Waals surface area contributed by atoms with E-state index in [2.05, 4.69) is 53.4 Å². The topological polar surface area (TPSA) is 38.0 Å². The molecule has 0 bridgehead atoms. The molecule has 2 nitrogen and oxygen atoms in total. The standard InChI is InChI=1S/C15H23BrN2/c1-10-6-8-12(9-7-10)15(18-17)13-5-3-4-11(2)14(13)16/h3-5,10,12,15,18H,6-9,17H2,1-2H3. The van der Waals surface area contributed by atoms with Crippen LogP contribution < -0.4 is 11.3 Å². The van der Waals surface area contributed by atoms with E-state index >= 15 is 0 Å². The van der Waals surface area contributed by atoms with Crippen LogP contribution in [-0.4, -0.2) is 0 Å². The summed E-state index contributed by atoms with van der Waals surface area (Å²) < 4.78 is 1.20. The third kappa shape index (κ3) is 2.95. The van der Waals surface area contributed by atoms with Crippen LogP contribution in [0.3, 0.4) is 0 Å². The molecule has 0 aromatic heterocycles. The number of hydrogen-bond donors (Lipinski definition) is 2. The minimum Gasteiger partial charge on any atom is -0.271 e. The van der Waals surface area contributed by atoms with Crippen molar-refractivity contribution in [2.24, 2.45) is 17.7 Å². The predicted octanol–water partition coefficient (Wildman–Crippen LogP) is 4.09. The number of nitrogens with one attached hydrogen (secondary N) is 1. The number of benzene rings is 1. The maximum atomic E-state index is 5.82. The van der Waals surface area contributed by atoms with Gasteiger partial charge in [0.25, 0.3) is 0 Å². The summed E-state index contributed by atoms with van der Waals surface area (Å²) in [5.41, 5.74) is 5.62. The Labute approximate surface area is 118 Å². The highest BCUT2D eigenvalue weighted by atomic mass is 79.9. The van der Waals surface area contributed by atoms with Crippen LogP contribution in [-0.2, 0) is 0 Å². The molecule has 1 aromatic carbocycles. The summed E-state index contributed by atoms with van der Waals surface area (Å²) in [6.45, 7) is 4.48. The van der Waals surface area contributed by atoms with Crippen LogP contribution in [0, 0.1) is 18.8 Å². The van der Waals surface area contributed by atoms with E-state index in [0.29, 0.717) is 5.92 Å². The quantitative estimate of drug-likeness (QED) is 0.652. The molecular weight excluding hydrogens is 288 g/mol. The Hall–Kier alpha value is -0.380. The Morgan fingerprint density at radius 2 is 1.94 bits per heavy atom. The van der Waals surface area contributed by atoms with Gasteiger partial charge in [0, 0.05) is 10.5 Å². The molecule has 0 heterocycles. The van der Waals surface area contributed by atoms with Crippen molar-refractivity contribution in [2.45, 2.75) is 45.6 Å². The Morgan fingerprint density at radius 1 is 1.28 bits per heavy atom. The summed E-state index contributed by atoms with van der Waals surface area (Å²) in [5.74, 6) is 7.35. The first-order chi connectivity index (χ1) is 8.63. The monoisotopic (exact) mass is 310 g/mol. The first-order valence-electron chi connectivity index (χ1n) is 6.84. The molecule has 1 aliphatic rings. The number of hydrazine groups is 1. The lowest BCUT2D eigenvalue weighted by atomic mass is 9.77. The summed E-state index contributed by atoms with van der Waals surface area (Å²) in [4.78, 5) is 0. The van der Waals surface area contributed by atoms with E-state index in [1.54, 1.807) is 0 Å². The van der Waals surface area contributed by atoms with E-state index in [1.165, 1.54) is 41.3 Å². The molecule has 0 amide bonds. The zero-order valence-electron chi connectivity index (χ0n) is 11.2. The van der Waals surface area contributed by atoms with Crippen molar-refractivity contribution >= 4 is 15.9 Å². The number of rotatable bonds is 3. The molecule has 1 aliphatic carbocycles. The maximum absolute atomic E-state index is 5.82. The van der Waals surface area contributed by atoms with E-state index < -0.39 is 0 Å². The number of halogens is 1. The molecule has 1 saturated carbocycles. The van der Waals surface area contributed by atoms with Crippen LogP contribution in [0.5, 0.6) is 0 Å². The van der Waals surface area contributed by atoms with E-state index in [9.17, 15) is 0 Å². The van der Waals surface area contributed by atoms with Gasteiger partial charge in [-0.15, -0.1) is 0 Å². The smallest absolute Gasteiger partial charge is 0.0499 e. The molecule has 0 radical (unpaired) electrons. The number of nitrogens with two attached hydrogens (primary N) is 1. The van der Waals surface area contributed by atoms with Gasteiger partial charge in [0.05, 0.1) is 0 Å². The van der Waals surface area contributed by atoms with Gasteiger partial charge < -0.3 is 0 Å². The van der Waals surface area contributed by atoms with Crippen molar-refractivity contribution in [1.82, 2.24) is 5.43 Å². The lowest BCUT2D eigenvalue weighted by Gasteiger charge is -2.33. The van der Waals surface area contributed by atoms with Crippen LogP contribution in [0.4, 0.5) is 0 Å². The summed E-state index contributed by atoms with van der Waals surface area (Å²) in [7, 11) is 0. The Bertz CT molecular complexity index is 397. The molecule has 18 heavy (non-hydrogen) atoms. The Kier molecular flexibility index (Phi) is 4.82. The molecule has 1 unspecified atom stereocenters. The molecule has 0 spiro atoms. The van der Waals surface area contributed by atoms with Crippen molar-refractivity contribution in [1.29, 1.82) is 0 Å². The normalized spacial score (nSPS) is 26.0. The SMILES string of the molecule is Cc1cccc(C(NN)C2CCC(C)CC2)c1Br. The lowest BCUT2D eigenvalue weighted by Crippen LogP contribution is -2.35. The van der Waals surface area contributed by atoms with Gasteiger partial charge >= 0.3 is 0 Å². The third-order valence-electron chi connectivity index (χ3n) is 4.27. The summed E-state index contributed by atoms with van der Waals surface area (Å²) >= 11 is 3.70. The summed E-state index contributed by atoms with van der Waals surface area (Å²) in [6, 6.07) is 6.70. The van der Waals surface area contributed by atoms with E-state index in [4.69, 9.17) is 5.84 Å². The average Bonchev–Trinajstić information content (AvgIpc) is 2.37. The van der Waals surface area contributed by atoms with Crippen molar-refractivity contribution in [3.63, 3.8) is 0 Å². The van der Waals surface area contributed by atoms with E-state index in [0.717, 1.165) is 5.92 Å². The summed E-state index contributed by atoms with van der Waals surface area (Å²) in [5, 5.41) is 0. The molecule has 0 saturated heterocycles. The van der Waals surface area contributed by atoms with Gasteiger partial charge in [-0.1, -0.05) is 53.9 Å². The maximum Gasteiger partial charge on any atom is 0.0499 e. The highest BCUT2D eigenvalue weighted by Crippen LogP contribution is 2.39. The van der Waals surface area contributed by atoms with Gasteiger partial charge in [0.2, 0.25) is 0 Å². The molecular formula is C15H23BrN2. The van der Waals surface area contributed by atoms with Crippen LogP contribution >= 0.6 is 15.9 Å². The molecule has 1 aromatic rings. The second-order valence-electron chi connectivity index (χ2n) is 5.64. The average molecular weight is 311 g/mol. The van der Waals surface area contributed by atoms with Gasteiger partial charge in [-0.2, -0.15) is 0 Å². The van der Waals surface area contributed by atoms with Gasteiger partial charge in [-0.25, -0.2) is 0 Å². The van der Waals surface area contributed by atoms with Crippen LogP contribution in [0.2, 0.25) is 0 Å². The highest BCUT2D eigenvalue weighted by Gasteiger charge is 2.27. The summed E-state index contributed by atoms with van der Waals surface area (Å²) in [6.07, 6.45) is 5.20. The first kappa shape index (κ1) is 14.0. The van der Waals surface area contributed by atoms with Crippen LogP contribution in [0.1, 0.15) is 49.8 Å². The largest absolute Gasteiger partial charge is 0.271 e. The molecule has 2 rings (SSSR count). The van der Waals surface area contributed by atoms with Gasteiger partial charge in [0.1, 0.15) is 0 Å². The van der Waals surface area contributed by atoms with Crippen molar-refractivity contribution < 1.29 is 0 Å². The molecule has 1 atom stereocenters. The second-order valence-corrected chi connectivity index (χ2v) is 6.44. The fraction of sp³-hybridized carbons (Fsp3) is 0.600. The van der Waals surface area contributed by atoms with Crippen molar-refractivity contribution in [3.8, 4) is 0 Å². The zero-order valence-corrected chi connectivity index (χ0v) is 12.8. The Balaban J connectivity index is 2.20. The number of aryl methyl sites for hydroxylation is 1. The molecule has 3 heteroatoms. The number of hydrogen-bond acceptors (Lipinski definition) is 2. The van der Waals surface area contributed by atoms with Gasteiger partial charge in [0.15, 0.2) is 0 Å². The molecule has 1 fully saturated rings. The van der Waals surface area contributed by atoms with E-state index in [1.807, 2.05) is 0 Å². The van der Waals surface area contributed by atoms with Gasteiger partial charge in [-0.3, -0.25) is 11.3 Å².